The summed E-state index contributed by atoms with van der Waals surface area (Å²) in [4.78, 5) is 12.1. The van der Waals surface area contributed by atoms with Gasteiger partial charge in [-0.15, -0.1) is 12.4 Å². The summed E-state index contributed by atoms with van der Waals surface area (Å²) in [6, 6.07) is 16.3. The molecule has 0 saturated heterocycles. The average molecular weight is 347 g/mol. The van der Waals surface area contributed by atoms with Crippen LogP contribution in [0.4, 0.5) is 5.69 Å². The molecule has 1 atom stereocenters. The highest BCUT2D eigenvalue weighted by molar-refractivity contribution is 5.85. The normalized spacial score (nSPS) is 11.4. The number of aryl methyl sites for hydroxylation is 1. The van der Waals surface area contributed by atoms with Crippen LogP contribution in [0.25, 0.3) is 0 Å². The van der Waals surface area contributed by atoms with Gasteiger partial charge in [0.2, 0.25) is 5.91 Å². The lowest BCUT2D eigenvalue weighted by Crippen LogP contribution is -2.26. The van der Waals surface area contributed by atoms with Crippen molar-refractivity contribution in [1.29, 1.82) is 0 Å². The van der Waals surface area contributed by atoms with E-state index in [1.165, 1.54) is 16.7 Å². The van der Waals surface area contributed by atoms with Crippen molar-refractivity contribution in [2.75, 3.05) is 12.3 Å². The van der Waals surface area contributed by atoms with Crippen LogP contribution in [0.2, 0.25) is 0 Å². The lowest BCUT2D eigenvalue weighted by molar-refractivity contribution is -0.121. The van der Waals surface area contributed by atoms with Gasteiger partial charge < -0.3 is 11.1 Å². The smallest absolute Gasteiger partial charge is 0.220 e. The summed E-state index contributed by atoms with van der Waals surface area (Å²) in [5.74, 6) is 0.338. The minimum atomic E-state index is 0. The Hall–Kier alpha value is -2.00. The largest absolute Gasteiger partial charge is 0.399 e. The molecule has 0 aliphatic rings. The molecule has 0 aliphatic carbocycles. The maximum Gasteiger partial charge on any atom is 0.220 e. The molecule has 0 fully saturated rings. The van der Waals surface area contributed by atoms with Crippen molar-refractivity contribution >= 4 is 24.0 Å². The van der Waals surface area contributed by atoms with E-state index in [-0.39, 0.29) is 24.2 Å². The molecule has 1 unspecified atom stereocenters. The Balaban J connectivity index is 0.00000288. The van der Waals surface area contributed by atoms with E-state index in [0.717, 1.165) is 18.5 Å². The van der Waals surface area contributed by atoms with Gasteiger partial charge in [0.05, 0.1) is 0 Å². The van der Waals surface area contributed by atoms with Gasteiger partial charge in [0.15, 0.2) is 0 Å². The van der Waals surface area contributed by atoms with E-state index in [2.05, 4.69) is 43.4 Å². The van der Waals surface area contributed by atoms with Gasteiger partial charge in [-0.1, -0.05) is 50.2 Å². The number of nitrogen functional groups attached to an aromatic ring is 1. The highest BCUT2D eigenvalue weighted by Crippen LogP contribution is 2.19. The first kappa shape index (κ1) is 20.0. The Morgan fingerprint density at radius 3 is 2.21 bits per heavy atom. The Bertz CT molecular complexity index is 623. The summed E-state index contributed by atoms with van der Waals surface area (Å²) in [5, 5.41) is 3.00. The molecule has 2 rings (SSSR count). The van der Waals surface area contributed by atoms with Gasteiger partial charge in [0, 0.05) is 18.7 Å². The van der Waals surface area contributed by atoms with Crippen molar-refractivity contribution in [2.45, 2.75) is 39.0 Å². The SMILES string of the molecule is CCc1ccc(C(C)CC(=O)NCCc2ccc(N)cc2)cc1.Cl. The number of benzene rings is 2. The van der Waals surface area contributed by atoms with Crippen LogP contribution in [-0.2, 0) is 17.6 Å². The number of carbonyl (C=O) groups excluding carboxylic acids is 1. The number of rotatable bonds is 7. The predicted molar refractivity (Wildman–Crippen MR) is 104 cm³/mol. The zero-order valence-electron chi connectivity index (χ0n) is 14.4. The molecule has 0 radical (unpaired) electrons. The number of nitrogens with two attached hydrogens (primary N) is 1. The van der Waals surface area contributed by atoms with Gasteiger partial charge in [-0.25, -0.2) is 0 Å². The second-order valence-electron chi connectivity index (χ2n) is 6.04. The summed E-state index contributed by atoms with van der Waals surface area (Å²) < 4.78 is 0. The van der Waals surface area contributed by atoms with Crippen LogP contribution in [0.1, 0.15) is 42.9 Å². The molecule has 0 saturated carbocycles. The highest BCUT2D eigenvalue weighted by Gasteiger charge is 2.10. The molecule has 3 nitrogen and oxygen atoms in total. The van der Waals surface area contributed by atoms with Crippen LogP contribution in [0.3, 0.4) is 0 Å². The number of halogens is 1. The standard InChI is InChI=1S/C20H26N2O.ClH/c1-3-16-4-8-18(9-5-16)15(2)14-20(23)22-13-12-17-6-10-19(21)11-7-17;/h4-11,15H,3,12-14,21H2,1-2H3,(H,22,23);1H. The topological polar surface area (TPSA) is 55.1 Å². The van der Waals surface area contributed by atoms with Crippen molar-refractivity contribution in [1.82, 2.24) is 5.32 Å². The monoisotopic (exact) mass is 346 g/mol. The quantitative estimate of drug-likeness (QED) is 0.741. The molecule has 0 spiro atoms. The van der Waals surface area contributed by atoms with Crippen molar-refractivity contribution in [3.05, 3.63) is 65.2 Å². The summed E-state index contributed by atoms with van der Waals surface area (Å²) in [7, 11) is 0. The third-order valence-electron chi connectivity index (χ3n) is 4.16. The number of amides is 1. The first-order valence-electron chi connectivity index (χ1n) is 8.28. The average Bonchev–Trinajstić information content (AvgIpc) is 2.56. The number of carbonyl (C=O) groups is 1. The molecule has 3 N–H and O–H groups in total. The molecule has 0 heterocycles. The van der Waals surface area contributed by atoms with Crippen LogP contribution in [-0.4, -0.2) is 12.5 Å². The van der Waals surface area contributed by atoms with Crippen molar-refractivity contribution in [3.63, 3.8) is 0 Å². The molecule has 4 heteroatoms. The fourth-order valence-electron chi connectivity index (χ4n) is 2.58. The minimum Gasteiger partial charge on any atom is -0.399 e. The number of hydrogen-bond acceptors (Lipinski definition) is 2. The lowest BCUT2D eigenvalue weighted by atomic mass is 9.96. The molecule has 2 aromatic carbocycles. The lowest BCUT2D eigenvalue weighted by Gasteiger charge is -2.13. The summed E-state index contributed by atoms with van der Waals surface area (Å²) in [6.07, 6.45) is 2.39. The highest BCUT2D eigenvalue weighted by atomic mass is 35.5. The molecule has 1 amide bonds. The number of anilines is 1. The van der Waals surface area contributed by atoms with E-state index in [1.54, 1.807) is 0 Å². The van der Waals surface area contributed by atoms with E-state index >= 15 is 0 Å². The fraction of sp³-hybridized carbons (Fsp3) is 0.350. The second-order valence-corrected chi connectivity index (χ2v) is 6.04. The van der Waals surface area contributed by atoms with E-state index in [0.29, 0.717) is 13.0 Å². The van der Waals surface area contributed by atoms with E-state index < -0.39 is 0 Å². The zero-order valence-corrected chi connectivity index (χ0v) is 15.2. The van der Waals surface area contributed by atoms with Crippen LogP contribution in [0.5, 0.6) is 0 Å². The molecule has 130 valence electrons. The summed E-state index contributed by atoms with van der Waals surface area (Å²) >= 11 is 0. The second kappa shape index (κ2) is 9.99. The number of nitrogens with one attached hydrogen (secondary N) is 1. The van der Waals surface area contributed by atoms with Crippen molar-refractivity contribution in [2.24, 2.45) is 0 Å². The third kappa shape index (κ3) is 6.25. The first-order valence-corrected chi connectivity index (χ1v) is 8.28. The van der Waals surface area contributed by atoms with Crippen molar-refractivity contribution in [3.8, 4) is 0 Å². The molecule has 24 heavy (non-hydrogen) atoms. The van der Waals surface area contributed by atoms with Crippen LogP contribution in [0.15, 0.2) is 48.5 Å². The van der Waals surface area contributed by atoms with Gasteiger partial charge in [-0.2, -0.15) is 0 Å². The third-order valence-corrected chi connectivity index (χ3v) is 4.16. The van der Waals surface area contributed by atoms with Gasteiger partial charge in [-0.05, 0) is 47.6 Å². The van der Waals surface area contributed by atoms with Crippen LogP contribution < -0.4 is 11.1 Å². The Morgan fingerprint density at radius 1 is 1.04 bits per heavy atom. The van der Waals surface area contributed by atoms with E-state index in [9.17, 15) is 4.79 Å². The maximum atomic E-state index is 12.1. The van der Waals surface area contributed by atoms with Crippen LogP contribution in [0, 0.1) is 0 Å². The summed E-state index contributed by atoms with van der Waals surface area (Å²) in [5.41, 5.74) is 10.2. The fourth-order valence-corrected chi connectivity index (χ4v) is 2.58. The Kier molecular flexibility index (Phi) is 8.34. The molecule has 0 aromatic heterocycles. The van der Waals surface area contributed by atoms with Crippen LogP contribution >= 0.6 is 12.4 Å². The predicted octanol–water partition coefficient (Wildman–Crippen LogP) is 4.11. The molecule has 0 bridgehead atoms. The maximum absolute atomic E-state index is 12.1. The molecule has 0 aliphatic heterocycles. The molecular formula is C20H27ClN2O. The van der Waals surface area contributed by atoms with Gasteiger partial charge in [0.1, 0.15) is 0 Å². The van der Waals surface area contributed by atoms with E-state index in [4.69, 9.17) is 5.73 Å². The molecule has 2 aromatic rings. The van der Waals surface area contributed by atoms with Crippen molar-refractivity contribution < 1.29 is 4.79 Å². The number of hydrogen-bond donors (Lipinski definition) is 2. The van der Waals surface area contributed by atoms with Gasteiger partial charge in [0.25, 0.3) is 0 Å². The Morgan fingerprint density at radius 2 is 1.62 bits per heavy atom. The van der Waals surface area contributed by atoms with E-state index in [1.807, 2.05) is 24.3 Å². The first-order chi connectivity index (χ1) is 11.1. The minimum absolute atomic E-state index is 0. The molecular weight excluding hydrogens is 320 g/mol. The van der Waals surface area contributed by atoms with Gasteiger partial charge >= 0.3 is 0 Å². The zero-order chi connectivity index (χ0) is 16.7. The summed E-state index contributed by atoms with van der Waals surface area (Å²) in [6.45, 7) is 4.90. The van der Waals surface area contributed by atoms with Gasteiger partial charge in [-0.3, -0.25) is 4.79 Å². The Labute approximate surface area is 151 Å².